The summed E-state index contributed by atoms with van der Waals surface area (Å²) < 4.78 is 0. The third-order valence-corrected chi connectivity index (χ3v) is 2.84. The highest BCUT2D eigenvalue weighted by Crippen LogP contribution is 2.23. The fourth-order valence-corrected chi connectivity index (χ4v) is 1.93. The molecular formula is C15H13O3-. The Labute approximate surface area is 105 Å². The fourth-order valence-electron chi connectivity index (χ4n) is 1.93. The minimum absolute atomic E-state index is 0.0619. The number of carbonyl (C=O) groups is 1. The van der Waals surface area contributed by atoms with Crippen molar-refractivity contribution in [1.29, 1.82) is 0 Å². The van der Waals surface area contributed by atoms with Crippen LogP contribution in [0.15, 0.2) is 54.6 Å². The van der Waals surface area contributed by atoms with Crippen LogP contribution in [0.4, 0.5) is 0 Å². The monoisotopic (exact) mass is 241 g/mol. The Kier molecular flexibility index (Phi) is 3.63. The van der Waals surface area contributed by atoms with E-state index in [1.165, 1.54) is 12.1 Å². The third kappa shape index (κ3) is 2.88. The van der Waals surface area contributed by atoms with Crippen LogP contribution in [0, 0.1) is 0 Å². The smallest absolute Gasteiger partial charge is 0.115 e. The summed E-state index contributed by atoms with van der Waals surface area (Å²) in [6.07, 6.45) is 0.354. The van der Waals surface area contributed by atoms with Crippen molar-refractivity contribution >= 4 is 5.97 Å². The number of rotatable bonds is 4. The molecular weight excluding hydrogens is 228 g/mol. The molecule has 1 atom stereocenters. The number of carbonyl (C=O) groups excluding carboxylic acids is 1. The summed E-state index contributed by atoms with van der Waals surface area (Å²) in [6, 6.07) is 15.6. The summed E-state index contributed by atoms with van der Waals surface area (Å²) in [5.74, 6) is -1.82. The van der Waals surface area contributed by atoms with Crippen LogP contribution >= 0.6 is 0 Å². The van der Waals surface area contributed by atoms with Crippen LogP contribution in [0.2, 0.25) is 0 Å². The van der Waals surface area contributed by atoms with Gasteiger partial charge >= 0.3 is 0 Å². The van der Waals surface area contributed by atoms with Gasteiger partial charge in [0.2, 0.25) is 0 Å². The van der Waals surface area contributed by atoms with E-state index in [0.717, 1.165) is 5.56 Å². The van der Waals surface area contributed by atoms with Crippen molar-refractivity contribution in [2.45, 2.75) is 12.3 Å². The minimum Gasteiger partial charge on any atom is -0.549 e. The number of phenolic OH excluding ortho intramolecular Hbond substituents is 1. The zero-order valence-electron chi connectivity index (χ0n) is 9.74. The summed E-state index contributed by atoms with van der Waals surface area (Å²) in [6.45, 7) is 0. The molecule has 0 radical (unpaired) electrons. The topological polar surface area (TPSA) is 60.4 Å². The lowest BCUT2D eigenvalue weighted by atomic mass is 9.92. The van der Waals surface area contributed by atoms with Gasteiger partial charge in [-0.15, -0.1) is 0 Å². The Morgan fingerprint density at radius 1 is 1.11 bits per heavy atom. The van der Waals surface area contributed by atoms with Crippen LogP contribution < -0.4 is 5.11 Å². The van der Waals surface area contributed by atoms with Crippen LogP contribution in [0.1, 0.15) is 17.0 Å². The maximum absolute atomic E-state index is 11.2. The average Bonchev–Trinajstić information content (AvgIpc) is 2.37. The van der Waals surface area contributed by atoms with Gasteiger partial charge in [-0.05, 0) is 29.7 Å². The Morgan fingerprint density at radius 3 is 2.44 bits per heavy atom. The summed E-state index contributed by atoms with van der Waals surface area (Å²) in [5, 5.41) is 20.6. The summed E-state index contributed by atoms with van der Waals surface area (Å²) in [5.41, 5.74) is 1.48. The van der Waals surface area contributed by atoms with E-state index < -0.39 is 11.9 Å². The van der Waals surface area contributed by atoms with Crippen LogP contribution in [0.5, 0.6) is 5.75 Å². The summed E-state index contributed by atoms with van der Waals surface area (Å²) in [7, 11) is 0. The third-order valence-electron chi connectivity index (χ3n) is 2.84. The summed E-state index contributed by atoms with van der Waals surface area (Å²) in [4.78, 5) is 11.2. The number of hydrogen-bond acceptors (Lipinski definition) is 3. The highest BCUT2D eigenvalue weighted by Gasteiger charge is 2.14. The van der Waals surface area contributed by atoms with Gasteiger partial charge in [-0.3, -0.25) is 0 Å². The van der Waals surface area contributed by atoms with Crippen LogP contribution in [-0.4, -0.2) is 11.1 Å². The fraction of sp³-hybridized carbons (Fsp3) is 0.133. The van der Waals surface area contributed by atoms with E-state index in [-0.39, 0.29) is 5.75 Å². The van der Waals surface area contributed by atoms with E-state index in [4.69, 9.17) is 0 Å². The molecule has 0 bridgehead atoms. The average molecular weight is 241 g/mol. The van der Waals surface area contributed by atoms with Gasteiger partial charge < -0.3 is 15.0 Å². The van der Waals surface area contributed by atoms with Crippen molar-refractivity contribution in [2.24, 2.45) is 0 Å². The van der Waals surface area contributed by atoms with Gasteiger partial charge in [0.05, 0.1) is 0 Å². The van der Waals surface area contributed by atoms with Gasteiger partial charge in [-0.2, -0.15) is 0 Å². The number of carboxylic acids is 1. The largest absolute Gasteiger partial charge is 0.549 e. The highest BCUT2D eigenvalue weighted by atomic mass is 16.4. The first-order valence-electron chi connectivity index (χ1n) is 5.70. The van der Waals surface area contributed by atoms with Gasteiger partial charge in [0.15, 0.2) is 0 Å². The normalized spacial score (nSPS) is 12.0. The Morgan fingerprint density at radius 2 is 1.83 bits per heavy atom. The molecule has 0 spiro atoms. The zero-order chi connectivity index (χ0) is 13.0. The van der Waals surface area contributed by atoms with Gasteiger partial charge in [0.25, 0.3) is 0 Å². The predicted molar refractivity (Wildman–Crippen MR) is 66.0 cm³/mol. The second kappa shape index (κ2) is 5.36. The zero-order valence-corrected chi connectivity index (χ0v) is 9.74. The van der Waals surface area contributed by atoms with Gasteiger partial charge in [-0.25, -0.2) is 0 Å². The predicted octanol–water partition coefficient (Wildman–Crippen LogP) is 1.47. The maximum Gasteiger partial charge on any atom is 0.115 e. The lowest BCUT2D eigenvalue weighted by Gasteiger charge is -2.18. The molecule has 2 aromatic rings. The molecule has 0 amide bonds. The number of hydrogen-bond donors (Lipinski definition) is 1. The molecule has 2 aromatic carbocycles. The molecule has 0 heterocycles. The van der Waals surface area contributed by atoms with Crippen LogP contribution in [-0.2, 0) is 11.2 Å². The number of aliphatic carboxylic acids is 1. The van der Waals surface area contributed by atoms with Crippen molar-refractivity contribution in [1.82, 2.24) is 0 Å². The first kappa shape index (κ1) is 12.2. The Balaban J connectivity index is 2.27. The van der Waals surface area contributed by atoms with Crippen molar-refractivity contribution in [3.05, 3.63) is 65.7 Å². The molecule has 0 saturated carbocycles. The molecule has 18 heavy (non-hydrogen) atoms. The van der Waals surface area contributed by atoms with Crippen LogP contribution in [0.3, 0.4) is 0 Å². The molecule has 0 aliphatic heterocycles. The Bertz CT molecular complexity index is 534. The number of carboxylic acid groups (broad SMARTS) is 1. The minimum atomic E-state index is -1.13. The van der Waals surface area contributed by atoms with E-state index in [0.29, 0.717) is 12.0 Å². The first-order chi connectivity index (χ1) is 8.66. The van der Waals surface area contributed by atoms with Crippen molar-refractivity contribution in [3.8, 4) is 5.75 Å². The van der Waals surface area contributed by atoms with E-state index in [9.17, 15) is 15.0 Å². The van der Waals surface area contributed by atoms with E-state index in [2.05, 4.69) is 0 Å². The second-order valence-corrected chi connectivity index (χ2v) is 4.16. The maximum atomic E-state index is 11.2. The highest BCUT2D eigenvalue weighted by molar-refractivity contribution is 5.74. The lowest BCUT2D eigenvalue weighted by molar-refractivity contribution is -0.308. The molecule has 3 nitrogen and oxygen atoms in total. The van der Waals surface area contributed by atoms with Crippen molar-refractivity contribution < 1.29 is 15.0 Å². The van der Waals surface area contributed by atoms with Gasteiger partial charge in [-0.1, -0.05) is 42.5 Å². The standard InChI is InChI=1S/C15H14O3/c16-13-8-4-7-12(10-13)14(15(17)18)9-11-5-2-1-3-6-11/h1-8,10,14,16H,9H2,(H,17,18)/p-1. The summed E-state index contributed by atoms with van der Waals surface area (Å²) >= 11 is 0. The van der Waals surface area contributed by atoms with Gasteiger partial charge in [0, 0.05) is 11.9 Å². The molecule has 0 fully saturated rings. The second-order valence-electron chi connectivity index (χ2n) is 4.16. The molecule has 1 N–H and O–H groups in total. The van der Waals surface area contributed by atoms with Crippen LogP contribution in [0.25, 0.3) is 0 Å². The molecule has 0 saturated heterocycles. The molecule has 0 aromatic heterocycles. The molecule has 2 rings (SSSR count). The SMILES string of the molecule is O=C([O-])C(Cc1ccccc1)c1cccc(O)c1. The molecule has 0 aliphatic carbocycles. The number of aromatic hydroxyl groups is 1. The number of benzene rings is 2. The van der Waals surface area contributed by atoms with Gasteiger partial charge in [0.1, 0.15) is 5.75 Å². The molecule has 0 aliphatic rings. The van der Waals surface area contributed by atoms with E-state index in [1.807, 2.05) is 30.3 Å². The lowest BCUT2D eigenvalue weighted by Crippen LogP contribution is -2.31. The number of phenols is 1. The quantitative estimate of drug-likeness (QED) is 0.881. The molecule has 92 valence electrons. The van der Waals surface area contributed by atoms with E-state index in [1.54, 1.807) is 12.1 Å². The molecule has 3 heteroatoms. The van der Waals surface area contributed by atoms with Crippen molar-refractivity contribution in [3.63, 3.8) is 0 Å². The Hall–Kier alpha value is -2.29. The van der Waals surface area contributed by atoms with Crippen molar-refractivity contribution in [2.75, 3.05) is 0 Å². The molecule has 1 unspecified atom stereocenters. The van der Waals surface area contributed by atoms with E-state index >= 15 is 0 Å². The first-order valence-corrected chi connectivity index (χ1v) is 5.70.